The molecule has 0 spiro atoms. The Morgan fingerprint density at radius 1 is 0.600 bits per heavy atom. The molecule has 65 heavy (non-hydrogen) atoms. The maximum atomic E-state index is 12.8. The fourth-order valence-corrected chi connectivity index (χ4v) is 6.26. The summed E-state index contributed by atoms with van der Waals surface area (Å²) >= 11 is 0. The molecular formula is C46H45FN9NaO8. The van der Waals surface area contributed by atoms with Crippen molar-refractivity contribution < 1.29 is 64.2 Å². The molecule has 2 N–H and O–H groups in total. The molecule has 17 nitrogen and oxygen atoms in total. The summed E-state index contributed by atoms with van der Waals surface area (Å²) in [5.74, 6) is 2.74. The molecule has 0 aliphatic rings. The van der Waals surface area contributed by atoms with Crippen LogP contribution in [-0.2, 0) is 6.42 Å². The van der Waals surface area contributed by atoms with Crippen LogP contribution in [0.25, 0.3) is 44.3 Å². The van der Waals surface area contributed by atoms with Crippen molar-refractivity contribution in [3.8, 4) is 45.3 Å². The van der Waals surface area contributed by atoms with Crippen molar-refractivity contribution in [1.82, 2.24) is 29.9 Å². The Balaban J connectivity index is 0.000000286. The number of methoxy groups -OCH3 is 4. The normalized spacial score (nSPS) is 10.2. The summed E-state index contributed by atoms with van der Waals surface area (Å²) in [5.41, 5.74) is 11.6. The predicted octanol–water partition coefficient (Wildman–Crippen LogP) is 6.60. The summed E-state index contributed by atoms with van der Waals surface area (Å²) in [6.07, 6.45) is 7.07. The van der Waals surface area contributed by atoms with Crippen molar-refractivity contribution in [1.29, 1.82) is 0 Å². The van der Waals surface area contributed by atoms with Crippen LogP contribution in [0.1, 0.15) is 31.4 Å². The number of hydrogen-bond acceptors (Lipinski definition) is 15. The van der Waals surface area contributed by atoms with Gasteiger partial charge in [0.25, 0.3) is 5.69 Å². The molecule has 4 aromatic heterocycles. The van der Waals surface area contributed by atoms with Crippen molar-refractivity contribution in [3.05, 3.63) is 158 Å². The average molecular weight is 894 g/mol. The number of pyridine rings is 2. The second-order valence-electron chi connectivity index (χ2n) is 13.7. The molecule has 0 bridgehead atoms. The molecule has 8 aromatic rings. The Morgan fingerprint density at radius 3 is 1.51 bits per heavy atom. The quantitative estimate of drug-likeness (QED) is 0.0867. The van der Waals surface area contributed by atoms with Crippen molar-refractivity contribution in [2.45, 2.75) is 27.7 Å². The van der Waals surface area contributed by atoms with E-state index >= 15 is 0 Å². The van der Waals surface area contributed by atoms with E-state index in [1.165, 1.54) is 25.1 Å². The maximum Gasteiger partial charge on any atom is 1.00 e. The number of nitrogen functional groups attached to an aromatic ring is 1. The number of nitro benzene ring substituents is 2. The zero-order valence-electron chi connectivity index (χ0n) is 36.9. The number of nitrogens with two attached hydrogens (primary N) is 1. The Labute approximate surface area is 396 Å². The van der Waals surface area contributed by atoms with E-state index in [0.717, 1.165) is 56.2 Å². The second kappa shape index (κ2) is 22.8. The SMILES string of the molecule is C.COc1cc(OC)cc(-c2cnc3nc(Cc4c(C)cccc4[N+](=O)[O-])ncc3c2)c1.COc1cc(OC)cc(-c2cnc3nc(N)ncc3c2)c1.Cc1cccc([N+](=O)[O-])c1F.[H-].[Na+]. The third kappa shape index (κ3) is 12.4. The van der Waals surface area contributed by atoms with Crippen LogP contribution in [-0.4, -0.2) is 68.2 Å². The van der Waals surface area contributed by atoms with Crippen LogP contribution in [0.2, 0.25) is 0 Å². The monoisotopic (exact) mass is 893 g/mol. The smallest absolute Gasteiger partial charge is 1.00 e. The van der Waals surface area contributed by atoms with Crippen molar-refractivity contribution in [2.75, 3.05) is 34.2 Å². The van der Waals surface area contributed by atoms with E-state index in [0.29, 0.717) is 39.7 Å². The number of fused-ring (bicyclic) bond motifs is 2. The number of nitrogens with zero attached hydrogens (tertiary/aromatic N) is 8. The predicted molar refractivity (Wildman–Crippen MR) is 242 cm³/mol. The average Bonchev–Trinajstić information content (AvgIpc) is 3.30. The van der Waals surface area contributed by atoms with Crippen LogP contribution in [0, 0.1) is 39.9 Å². The molecule has 330 valence electrons. The topological polar surface area (TPSA) is 227 Å². The molecule has 0 radical (unpaired) electrons. The zero-order chi connectivity index (χ0) is 45.2. The maximum absolute atomic E-state index is 12.8. The van der Waals surface area contributed by atoms with Gasteiger partial charge < -0.3 is 26.1 Å². The first kappa shape index (κ1) is 50.2. The third-order valence-corrected chi connectivity index (χ3v) is 9.59. The molecule has 19 heteroatoms. The molecule has 4 aromatic carbocycles. The van der Waals surface area contributed by atoms with Gasteiger partial charge in [-0.15, -0.1) is 0 Å². The molecule has 0 fully saturated rings. The van der Waals surface area contributed by atoms with Crippen LogP contribution >= 0.6 is 0 Å². The number of benzene rings is 4. The summed E-state index contributed by atoms with van der Waals surface area (Å²) in [6.45, 7) is 3.33. The van der Waals surface area contributed by atoms with Crippen molar-refractivity contribution in [3.63, 3.8) is 0 Å². The first-order valence-corrected chi connectivity index (χ1v) is 18.9. The van der Waals surface area contributed by atoms with E-state index in [1.807, 2.05) is 55.5 Å². The number of hydrogen-bond donors (Lipinski definition) is 1. The summed E-state index contributed by atoms with van der Waals surface area (Å²) in [6, 6.07) is 24.3. The van der Waals surface area contributed by atoms with Crippen LogP contribution in [0.4, 0.5) is 21.7 Å². The molecule has 0 amide bonds. The largest absolute Gasteiger partial charge is 1.00 e. The van der Waals surface area contributed by atoms with Gasteiger partial charge in [0.2, 0.25) is 11.8 Å². The van der Waals surface area contributed by atoms with E-state index in [1.54, 1.807) is 65.4 Å². The van der Waals surface area contributed by atoms with Crippen LogP contribution in [0.15, 0.2) is 110 Å². The van der Waals surface area contributed by atoms with Gasteiger partial charge in [-0.3, -0.25) is 20.2 Å². The number of ether oxygens (including phenoxy) is 4. The van der Waals surface area contributed by atoms with Crippen LogP contribution < -0.4 is 54.2 Å². The van der Waals surface area contributed by atoms with Gasteiger partial charge in [0.05, 0.1) is 38.3 Å². The fraction of sp³-hybridized carbons (Fsp3) is 0.174. The summed E-state index contributed by atoms with van der Waals surface area (Å²) in [5, 5.41) is 23.1. The summed E-state index contributed by atoms with van der Waals surface area (Å²) in [7, 11) is 6.44. The minimum atomic E-state index is -0.752. The first-order valence-electron chi connectivity index (χ1n) is 18.9. The number of rotatable bonds is 10. The number of aryl methyl sites for hydroxylation is 2. The Hall–Kier alpha value is -7.41. The van der Waals surface area contributed by atoms with E-state index < -0.39 is 16.4 Å². The molecular weight excluding hydrogens is 849 g/mol. The molecule has 0 unspecified atom stereocenters. The van der Waals surface area contributed by atoms with Crippen LogP contribution in [0.5, 0.6) is 23.0 Å². The minimum Gasteiger partial charge on any atom is -1.00 e. The second-order valence-corrected chi connectivity index (χ2v) is 13.7. The van der Waals surface area contributed by atoms with Gasteiger partial charge >= 0.3 is 35.2 Å². The molecule has 0 saturated heterocycles. The number of nitro groups is 2. The molecule has 0 atom stereocenters. The molecule has 0 aliphatic carbocycles. The van der Waals surface area contributed by atoms with Gasteiger partial charge in [0.1, 0.15) is 28.8 Å². The number of aromatic nitrogens is 6. The zero-order valence-corrected chi connectivity index (χ0v) is 37.9. The van der Waals surface area contributed by atoms with E-state index in [9.17, 15) is 24.6 Å². The van der Waals surface area contributed by atoms with E-state index in [-0.39, 0.29) is 61.4 Å². The van der Waals surface area contributed by atoms with E-state index in [2.05, 4.69) is 29.9 Å². The van der Waals surface area contributed by atoms with Crippen molar-refractivity contribution >= 4 is 39.4 Å². The van der Waals surface area contributed by atoms with Gasteiger partial charge in [-0.25, -0.2) is 24.9 Å². The van der Waals surface area contributed by atoms with E-state index in [4.69, 9.17) is 24.7 Å². The molecule has 0 aliphatic heterocycles. The molecule has 0 saturated carbocycles. The fourth-order valence-electron chi connectivity index (χ4n) is 6.26. The minimum absolute atomic E-state index is 0. The Morgan fingerprint density at radius 2 is 1.05 bits per heavy atom. The Bertz CT molecular complexity index is 2940. The van der Waals surface area contributed by atoms with Gasteiger partial charge in [-0.1, -0.05) is 31.7 Å². The van der Waals surface area contributed by atoms with Crippen molar-refractivity contribution in [2.24, 2.45) is 0 Å². The van der Waals surface area contributed by atoms with Gasteiger partial charge in [-0.05, 0) is 72.5 Å². The Kier molecular flexibility index (Phi) is 17.6. The summed E-state index contributed by atoms with van der Waals surface area (Å²) < 4.78 is 34.1. The van der Waals surface area contributed by atoms with Gasteiger partial charge in [0.15, 0.2) is 11.3 Å². The number of halogens is 1. The van der Waals surface area contributed by atoms with Gasteiger partial charge in [0, 0.05) is 82.9 Å². The standard InChI is InChI=1S/C23H20N4O4.C15H14N4O2.C7H6FNO2.CH4.Na.H/c1-14-5-4-6-21(27(28)29)20(14)11-22-24-13-17-7-16(12-25-23(17)26-22)15-8-18(30-2)10-19(9-15)31-3;1-20-12-4-9(5-13(6-12)21-2)10-3-11-8-18-15(16)19-14(11)17-7-10;1-5-3-2-4-6(7(5)8)9(10)11;;;/h4-10,12-13H,11H2,1-3H3;3-8H,1-2H3,(H2,16,17,18,19);2-4H,1H3;1H4;;/q;;;;+1;-1. The van der Waals surface area contributed by atoms with Crippen LogP contribution in [0.3, 0.4) is 0 Å². The molecule has 8 rings (SSSR count). The molecule has 4 heterocycles. The first-order chi connectivity index (χ1) is 30.3. The van der Waals surface area contributed by atoms with Gasteiger partial charge in [-0.2, -0.15) is 9.37 Å². The number of anilines is 1. The third-order valence-electron chi connectivity index (χ3n) is 9.59. The summed E-state index contributed by atoms with van der Waals surface area (Å²) in [4.78, 5) is 46.2.